The van der Waals surface area contributed by atoms with E-state index in [1.165, 1.54) is 37.7 Å². The molecule has 1 amide bonds. The maximum Gasteiger partial charge on any atom is 0.221 e. The van der Waals surface area contributed by atoms with Gasteiger partial charge in [-0.2, -0.15) is 0 Å². The maximum atomic E-state index is 12.7. The van der Waals surface area contributed by atoms with E-state index in [4.69, 9.17) is 0 Å². The average Bonchev–Trinajstić information content (AvgIpc) is 2.53. The molecule has 4 bridgehead atoms. The summed E-state index contributed by atoms with van der Waals surface area (Å²) in [5.74, 6) is 1.67. The van der Waals surface area contributed by atoms with Gasteiger partial charge in [0, 0.05) is 6.42 Å². The van der Waals surface area contributed by atoms with Crippen LogP contribution < -0.4 is 5.32 Å². The van der Waals surface area contributed by atoms with Gasteiger partial charge in [-0.3, -0.25) is 4.79 Å². The Bertz CT molecular complexity index is 637. The lowest BCUT2D eigenvalue weighted by Crippen LogP contribution is -2.56. The van der Waals surface area contributed by atoms with Crippen LogP contribution in [-0.4, -0.2) is 23.2 Å². The summed E-state index contributed by atoms with van der Waals surface area (Å²) in [4.78, 5) is 12.7. The van der Waals surface area contributed by atoms with E-state index in [9.17, 15) is 9.90 Å². The Hall–Kier alpha value is -1.35. The summed E-state index contributed by atoms with van der Waals surface area (Å²) in [6.45, 7) is 3.75. The number of hydrogen-bond donors (Lipinski definition) is 2. The second kappa shape index (κ2) is 5.84. The van der Waals surface area contributed by atoms with E-state index in [0.717, 1.165) is 18.3 Å². The first-order valence-corrected chi connectivity index (χ1v) is 9.81. The Kier molecular flexibility index (Phi) is 3.99. The van der Waals surface area contributed by atoms with Crippen LogP contribution in [0.5, 0.6) is 0 Å². The molecular formula is C22H31NO2. The molecule has 2 N–H and O–H groups in total. The zero-order valence-corrected chi connectivity index (χ0v) is 15.6. The van der Waals surface area contributed by atoms with Crippen molar-refractivity contribution in [2.45, 2.75) is 69.7 Å². The molecule has 5 rings (SSSR count). The maximum absolute atomic E-state index is 12.7. The fraction of sp³-hybridized carbons (Fsp3) is 0.682. The van der Waals surface area contributed by atoms with Crippen LogP contribution in [0.15, 0.2) is 30.3 Å². The van der Waals surface area contributed by atoms with Gasteiger partial charge in [0.25, 0.3) is 0 Å². The lowest BCUT2D eigenvalue weighted by Gasteiger charge is -2.62. The molecule has 2 unspecified atom stereocenters. The van der Waals surface area contributed by atoms with Crippen molar-refractivity contribution >= 4 is 5.91 Å². The Labute approximate surface area is 151 Å². The summed E-state index contributed by atoms with van der Waals surface area (Å²) >= 11 is 0. The number of aliphatic hydroxyl groups excluding tert-OH is 1. The van der Waals surface area contributed by atoms with E-state index in [2.05, 4.69) is 35.6 Å². The third-order valence-electron chi connectivity index (χ3n) is 6.98. The number of amides is 1. The monoisotopic (exact) mass is 341 g/mol. The van der Waals surface area contributed by atoms with Gasteiger partial charge in [0.15, 0.2) is 0 Å². The van der Waals surface area contributed by atoms with Crippen LogP contribution in [0.4, 0.5) is 0 Å². The second-order valence-corrected chi connectivity index (χ2v) is 9.87. The van der Waals surface area contributed by atoms with E-state index in [1.54, 1.807) is 0 Å². The van der Waals surface area contributed by atoms with Gasteiger partial charge in [-0.25, -0.2) is 0 Å². The number of carbonyl (C=O) groups excluding carboxylic acids is 1. The molecule has 0 aliphatic heterocycles. The van der Waals surface area contributed by atoms with Crippen LogP contribution >= 0.6 is 0 Å². The summed E-state index contributed by atoms with van der Waals surface area (Å²) < 4.78 is 0. The Balaban J connectivity index is 1.58. The summed E-state index contributed by atoms with van der Waals surface area (Å²) in [5.41, 5.74) is 1.41. The van der Waals surface area contributed by atoms with Gasteiger partial charge >= 0.3 is 0 Å². The highest BCUT2D eigenvalue weighted by Crippen LogP contribution is 2.66. The fourth-order valence-corrected chi connectivity index (χ4v) is 6.59. The SMILES string of the molecule is CC(C)(CO)NC(=O)CC12CC3CC(C1)CC(c1ccccc1)(C3)C2. The normalized spacial score (nSPS) is 36.4. The molecule has 2 atom stereocenters. The van der Waals surface area contributed by atoms with Crippen molar-refractivity contribution in [1.29, 1.82) is 0 Å². The molecular weight excluding hydrogens is 310 g/mol. The summed E-state index contributed by atoms with van der Waals surface area (Å²) in [6, 6.07) is 11.0. The molecule has 0 radical (unpaired) electrons. The van der Waals surface area contributed by atoms with Crippen LogP contribution in [0, 0.1) is 17.3 Å². The molecule has 4 saturated carbocycles. The molecule has 3 heteroatoms. The minimum absolute atomic E-state index is 0.0229. The highest BCUT2D eigenvalue weighted by atomic mass is 16.3. The molecule has 1 aromatic rings. The van der Waals surface area contributed by atoms with Crippen molar-refractivity contribution in [3.05, 3.63) is 35.9 Å². The molecule has 4 fully saturated rings. The van der Waals surface area contributed by atoms with Crippen molar-refractivity contribution in [1.82, 2.24) is 5.32 Å². The third-order valence-corrected chi connectivity index (χ3v) is 6.98. The van der Waals surface area contributed by atoms with Gasteiger partial charge in [0.2, 0.25) is 5.91 Å². The number of rotatable bonds is 5. The number of benzene rings is 1. The minimum atomic E-state index is -0.531. The summed E-state index contributed by atoms with van der Waals surface area (Å²) in [5, 5.41) is 12.5. The topological polar surface area (TPSA) is 49.3 Å². The number of hydrogen-bond acceptors (Lipinski definition) is 2. The first kappa shape index (κ1) is 17.1. The van der Waals surface area contributed by atoms with E-state index in [-0.39, 0.29) is 23.3 Å². The predicted octanol–water partition coefficient (Wildman–Crippen LogP) is 3.80. The van der Waals surface area contributed by atoms with Crippen molar-refractivity contribution in [3.63, 3.8) is 0 Å². The molecule has 0 saturated heterocycles. The van der Waals surface area contributed by atoms with Gasteiger partial charge in [-0.15, -0.1) is 0 Å². The number of carbonyl (C=O) groups is 1. The van der Waals surface area contributed by atoms with Crippen molar-refractivity contribution in [3.8, 4) is 0 Å². The van der Waals surface area contributed by atoms with Crippen LogP contribution in [-0.2, 0) is 10.2 Å². The molecule has 4 aliphatic carbocycles. The van der Waals surface area contributed by atoms with E-state index in [1.807, 2.05) is 13.8 Å². The largest absolute Gasteiger partial charge is 0.394 e. The molecule has 0 aromatic heterocycles. The molecule has 3 nitrogen and oxygen atoms in total. The second-order valence-electron chi connectivity index (χ2n) is 9.87. The zero-order valence-electron chi connectivity index (χ0n) is 15.6. The average molecular weight is 341 g/mol. The van der Waals surface area contributed by atoms with Crippen molar-refractivity contribution in [2.75, 3.05) is 6.61 Å². The molecule has 136 valence electrons. The fourth-order valence-electron chi connectivity index (χ4n) is 6.59. The van der Waals surface area contributed by atoms with Crippen LogP contribution in [0.25, 0.3) is 0 Å². The van der Waals surface area contributed by atoms with Crippen LogP contribution in [0.3, 0.4) is 0 Å². The summed E-state index contributed by atoms with van der Waals surface area (Å²) in [6.07, 6.45) is 8.18. The van der Waals surface area contributed by atoms with Crippen molar-refractivity contribution < 1.29 is 9.90 Å². The molecule has 0 heterocycles. The predicted molar refractivity (Wildman–Crippen MR) is 99.2 cm³/mol. The van der Waals surface area contributed by atoms with E-state index < -0.39 is 5.54 Å². The highest BCUT2D eigenvalue weighted by molar-refractivity contribution is 5.77. The first-order chi connectivity index (χ1) is 11.8. The lowest BCUT2D eigenvalue weighted by molar-refractivity contribution is -0.133. The standard InChI is InChI=1S/C22H31NO2/c1-20(2,15-24)23-19(25)13-21-9-16-8-17(10-21)12-22(11-16,14-21)18-6-4-3-5-7-18/h3-7,16-17,24H,8-15H2,1-2H3,(H,23,25). The summed E-state index contributed by atoms with van der Waals surface area (Å²) in [7, 11) is 0. The minimum Gasteiger partial charge on any atom is -0.394 e. The quantitative estimate of drug-likeness (QED) is 0.856. The van der Waals surface area contributed by atoms with E-state index in [0.29, 0.717) is 6.42 Å². The van der Waals surface area contributed by atoms with Crippen LogP contribution in [0.1, 0.15) is 64.4 Å². The van der Waals surface area contributed by atoms with Gasteiger partial charge in [0.1, 0.15) is 0 Å². The Morgan fingerprint density at radius 3 is 2.40 bits per heavy atom. The molecule has 1 aromatic carbocycles. The highest BCUT2D eigenvalue weighted by Gasteiger charge is 2.58. The number of aliphatic hydroxyl groups is 1. The van der Waals surface area contributed by atoms with Gasteiger partial charge in [-0.1, -0.05) is 30.3 Å². The molecule has 25 heavy (non-hydrogen) atoms. The van der Waals surface area contributed by atoms with Crippen LogP contribution in [0.2, 0.25) is 0 Å². The van der Waals surface area contributed by atoms with Crippen molar-refractivity contribution in [2.24, 2.45) is 17.3 Å². The lowest BCUT2D eigenvalue weighted by atomic mass is 9.42. The van der Waals surface area contributed by atoms with Gasteiger partial charge in [-0.05, 0) is 80.6 Å². The zero-order chi connectivity index (χ0) is 17.7. The van der Waals surface area contributed by atoms with Gasteiger partial charge in [0.05, 0.1) is 12.1 Å². The molecule has 0 spiro atoms. The van der Waals surface area contributed by atoms with Gasteiger partial charge < -0.3 is 10.4 Å². The Morgan fingerprint density at radius 2 is 1.80 bits per heavy atom. The Morgan fingerprint density at radius 1 is 1.16 bits per heavy atom. The van der Waals surface area contributed by atoms with E-state index >= 15 is 0 Å². The molecule has 4 aliphatic rings. The number of nitrogens with one attached hydrogen (secondary N) is 1. The first-order valence-electron chi connectivity index (χ1n) is 9.81. The third kappa shape index (κ3) is 3.12. The smallest absolute Gasteiger partial charge is 0.221 e.